The molecule has 0 aromatic heterocycles. The van der Waals surface area contributed by atoms with Gasteiger partial charge in [0.25, 0.3) is 0 Å². The summed E-state index contributed by atoms with van der Waals surface area (Å²) in [5.41, 5.74) is 1.27. The van der Waals surface area contributed by atoms with Crippen LogP contribution in [0, 0.1) is 0 Å². The van der Waals surface area contributed by atoms with Gasteiger partial charge in [-0.15, -0.1) is 0 Å². The fraction of sp³-hybridized carbons (Fsp3) is 0.588. The summed E-state index contributed by atoms with van der Waals surface area (Å²) in [6, 6.07) is 10.6. The maximum Gasteiger partial charge on any atom is 0.237 e. The number of rotatable bonds is 4. The van der Waals surface area contributed by atoms with Crippen molar-refractivity contribution in [2.45, 2.75) is 25.3 Å². The van der Waals surface area contributed by atoms with E-state index in [1.54, 1.807) is 0 Å². The van der Waals surface area contributed by atoms with Crippen molar-refractivity contribution in [1.82, 2.24) is 9.80 Å². The first kappa shape index (κ1) is 16.5. The molecule has 1 unspecified atom stereocenters. The van der Waals surface area contributed by atoms with Gasteiger partial charge in [0.15, 0.2) is 9.84 Å². The van der Waals surface area contributed by atoms with Crippen molar-refractivity contribution in [2.24, 2.45) is 0 Å². The zero-order valence-corrected chi connectivity index (χ0v) is 14.2. The zero-order chi connectivity index (χ0) is 16.3. The van der Waals surface area contributed by atoms with Crippen LogP contribution >= 0.6 is 0 Å². The van der Waals surface area contributed by atoms with Crippen LogP contribution in [-0.2, 0) is 21.1 Å². The Balaban J connectivity index is 1.56. The lowest BCUT2D eigenvalue weighted by Crippen LogP contribution is -2.48. The predicted octanol–water partition coefficient (Wildman–Crippen LogP) is 0.951. The Morgan fingerprint density at radius 1 is 1.09 bits per heavy atom. The molecule has 1 aromatic rings. The van der Waals surface area contributed by atoms with E-state index in [9.17, 15) is 13.2 Å². The minimum Gasteiger partial charge on any atom is -0.338 e. The van der Waals surface area contributed by atoms with E-state index in [2.05, 4.69) is 12.1 Å². The Labute approximate surface area is 138 Å². The van der Waals surface area contributed by atoms with Gasteiger partial charge in [-0.1, -0.05) is 30.3 Å². The molecule has 0 radical (unpaired) electrons. The summed E-state index contributed by atoms with van der Waals surface area (Å²) in [6.45, 7) is 2.12. The van der Waals surface area contributed by atoms with E-state index < -0.39 is 9.84 Å². The quantitative estimate of drug-likeness (QED) is 0.821. The molecule has 23 heavy (non-hydrogen) atoms. The van der Waals surface area contributed by atoms with E-state index in [4.69, 9.17) is 0 Å². The van der Waals surface area contributed by atoms with Crippen LogP contribution in [0.4, 0.5) is 0 Å². The van der Waals surface area contributed by atoms with Crippen molar-refractivity contribution in [1.29, 1.82) is 0 Å². The van der Waals surface area contributed by atoms with Crippen molar-refractivity contribution in [3.05, 3.63) is 35.9 Å². The number of hydrogen-bond acceptors (Lipinski definition) is 4. The van der Waals surface area contributed by atoms with E-state index in [1.165, 1.54) is 5.56 Å². The Bertz CT molecular complexity index is 631. The standard InChI is InChI=1S/C17H24N2O3S/c20-17(14-18-9-11-23(21,22)12-10-18)19-8-4-7-16(19)13-15-5-2-1-3-6-15/h1-3,5-6,16H,4,7-14H2. The Hall–Kier alpha value is -1.40. The smallest absolute Gasteiger partial charge is 0.237 e. The number of sulfone groups is 1. The second kappa shape index (κ2) is 7.01. The SMILES string of the molecule is O=C(CN1CCS(=O)(=O)CC1)N1CCCC1Cc1ccccc1. The summed E-state index contributed by atoms with van der Waals surface area (Å²) in [5, 5.41) is 0. The molecule has 2 fully saturated rings. The van der Waals surface area contributed by atoms with Crippen LogP contribution in [0.3, 0.4) is 0 Å². The molecular weight excluding hydrogens is 312 g/mol. The van der Waals surface area contributed by atoms with E-state index in [-0.39, 0.29) is 23.5 Å². The lowest BCUT2D eigenvalue weighted by atomic mass is 10.0. The molecule has 0 bridgehead atoms. The average Bonchev–Trinajstić information content (AvgIpc) is 2.99. The van der Waals surface area contributed by atoms with Crippen molar-refractivity contribution in [2.75, 3.05) is 37.7 Å². The van der Waals surface area contributed by atoms with Gasteiger partial charge in [-0.3, -0.25) is 9.69 Å². The summed E-state index contributed by atoms with van der Waals surface area (Å²) in [7, 11) is -2.89. The normalized spacial score (nSPS) is 24.7. The van der Waals surface area contributed by atoms with E-state index in [1.807, 2.05) is 28.0 Å². The van der Waals surface area contributed by atoms with Gasteiger partial charge in [0.05, 0.1) is 18.1 Å². The van der Waals surface area contributed by atoms with Crippen LogP contribution in [-0.4, -0.2) is 67.9 Å². The molecule has 1 amide bonds. The van der Waals surface area contributed by atoms with Gasteiger partial charge in [0.1, 0.15) is 0 Å². The minimum absolute atomic E-state index is 0.141. The molecular formula is C17H24N2O3S. The molecule has 0 spiro atoms. The molecule has 2 heterocycles. The molecule has 1 atom stereocenters. The van der Waals surface area contributed by atoms with Crippen LogP contribution in [0.5, 0.6) is 0 Å². The molecule has 2 aliphatic heterocycles. The van der Waals surface area contributed by atoms with Crippen molar-refractivity contribution >= 4 is 15.7 Å². The average molecular weight is 336 g/mol. The number of nitrogens with zero attached hydrogens (tertiary/aromatic N) is 2. The number of carbonyl (C=O) groups excluding carboxylic acids is 1. The van der Waals surface area contributed by atoms with Crippen LogP contribution in [0.25, 0.3) is 0 Å². The van der Waals surface area contributed by atoms with E-state index in [0.717, 1.165) is 25.8 Å². The van der Waals surface area contributed by atoms with E-state index >= 15 is 0 Å². The lowest BCUT2D eigenvalue weighted by Gasteiger charge is -2.30. The Kier molecular flexibility index (Phi) is 5.02. The molecule has 3 rings (SSSR count). The zero-order valence-electron chi connectivity index (χ0n) is 13.4. The van der Waals surface area contributed by atoms with Gasteiger partial charge in [0.2, 0.25) is 5.91 Å². The van der Waals surface area contributed by atoms with Gasteiger partial charge >= 0.3 is 0 Å². The fourth-order valence-corrected chi connectivity index (χ4v) is 4.73. The van der Waals surface area contributed by atoms with Crippen LogP contribution < -0.4 is 0 Å². The first-order valence-corrected chi connectivity index (χ1v) is 10.1. The molecule has 6 heteroatoms. The van der Waals surface area contributed by atoms with Crippen molar-refractivity contribution < 1.29 is 13.2 Å². The van der Waals surface area contributed by atoms with Crippen LogP contribution in [0.15, 0.2) is 30.3 Å². The molecule has 1 aromatic carbocycles. The molecule has 126 valence electrons. The van der Waals surface area contributed by atoms with Gasteiger partial charge < -0.3 is 4.90 Å². The first-order valence-electron chi connectivity index (χ1n) is 8.30. The van der Waals surface area contributed by atoms with Crippen molar-refractivity contribution in [3.63, 3.8) is 0 Å². The number of hydrogen-bond donors (Lipinski definition) is 0. The van der Waals surface area contributed by atoms with E-state index in [0.29, 0.717) is 19.6 Å². The van der Waals surface area contributed by atoms with Crippen LogP contribution in [0.1, 0.15) is 18.4 Å². The number of likely N-dealkylation sites (tertiary alicyclic amines) is 1. The first-order chi connectivity index (χ1) is 11.0. The molecule has 0 saturated carbocycles. The molecule has 0 aliphatic carbocycles. The summed E-state index contributed by atoms with van der Waals surface area (Å²) in [6.07, 6.45) is 3.01. The third kappa shape index (κ3) is 4.32. The monoisotopic (exact) mass is 336 g/mol. The Morgan fingerprint density at radius 2 is 1.78 bits per heavy atom. The highest BCUT2D eigenvalue weighted by molar-refractivity contribution is 7.91. The maximum atomic E-state index is 12.6. The lowest BCUT2D eigenvalue weighted by molar-refractivity contribution is -0.133. The summed E-state index contributed by atoms with van der Waals surface area (Å²) >= 11 is 0. The number of carbonyl (C=O) groups is 1. The highest BCUT2D eigenvalue weighted by atomic mass is 32.2. The fourth-order valence-electron chi connectivity index (χ4n) is 3.45. The molecule has 0 N–H and O–H groups in total. The molecule has 5 nitrogen and oxygen atoms in total. The largest absolute Gasteiger partial charge is 0.338 e. The second-order valence-electron chi connectivity index (χ2n) is 6.50. The predicted molar refractivity (Wildman–Crippen MR) is 90.0 cm³/mol. The number of amides is 1. The minimum atomic E-state index is -2.89. The topological polar surface area (TPSA) is 57.7 Å². The number of benzene rings is 1. The summed E-state index contributed by atoms with van der Waals surface area (Å²) < 4.78 is 22.9. The molecule has 2 aliphatic rings. The third-order valence-corrected chi connectivity index (χ3v) is 6.42. The van der Waals surface area contributed by atoms with Gasteiger partial charge in [0, 0.05) is 25.7 Å². The second-order valence-corrected chi connectivity index (χ2v) is 8.80. The maximum absolute atomic E-state index is 12.6. The highest BCUT2D eigenvalue weighted by Crippen LogP contribution is 2.21. The van der Waals surface area contributed by atoms with Gasteiger partial charge in [-0.25, -0.2) is 8.42 Å². The highest BCUT2D eigenvalue weighted by Gasteiger charge is 2.31. The van der Waals surface area contributed by atoms with Gasteiger partial charge in [-0.05, 0) is 24.8 Å². The summed E-state index contributed by atoms with van der Waals surface area (Å²) in [4.78, 5) is 16.6. The summed E-state index contributed by atoms with van der Waals surface area (Å²) in [5.74, 6) is 0.490. The van der Waals surface area contributed by atoms with Gasteiger partial charge in [-0.2, -0.15) is 0 Å². The third-order valence-electron chi connectivity index (χ3n) is 4.81. The molecule has 2 saturated heterocycles. The van der Waals surface area contributed by atoms with Crippen LogP contribution in [0.2, 0.25) is 0 Å². The van der Waals surface area contributed by atoms with Crippen molar-refractivity contribution in [3.8, 4) is 0 Å². The Morgan fingerprint density at radius 3 is 2.48 bits per heavy atom.